The topological polar surface area (TPSA) is 105 Å². The maximum atomic E-state index is 12.7. The Morgan fingerprint density at radius 1 is 0.862 bits per heavy atom. The molecule has 148 valence electrons. The van der Waals surface area contributed by atoms with E-state index in [2.05, 4.69) is 10.6 Å². The Labute approximate surface area is 166 Å². The van der Waals surface area contributed by atoms with Crippen LogP contribution in [0.2, 0.25) is 0 Å². The van der Waals surface area contributed by atoms with Gasteiger partial charge in [0.15, 0.2) is 11.5 Å². The zero-order chi connectivity index (χ0) is 20.2. The normalized spacial score (nSPS) is 15.9. The van der Waals surface area contributed by atoms with Gasteiger partial charge >= 0.3 is 0 Å². The second kappa shape index (κ2) is 8.05. The van der Waals surface area contributed by atoms with Crippen LogP contribution in [0.15, 0.2) is 69.9 Å². The average molecular weight is 393 g/mol. The lowest BCUT2D eigenvalue weighted by Crippen LogP contribution is -2.43. The van der Waals surface area contributed by atoms with E-state index >= 15 is 0 Å². The van der Waals surface area contributed by atoms with Crippen molar-refractivity contribution in [3.05, 3.63) is 72.6 Å². The number of nitrogens with zero attached hydrogens (tertiary/aromatic N) is 1. The van der Waals surface area contributed by atoms with Crippen LogP contribution in [0.4, 0.5) is 11.4 Å². The molecule has 29 heavy (non-hydrogen) atoms. The monoisotopic (exact) mass is 393 g/mol. The lowest BCUT2D eigenvalue weighted by atomic mass is 10.2. The molecule has 4 rings (SSSR count). The number of likely N-dealkylation sites (tertiary alicyclic amines) is 1. The van der Waals surface area contributed by atoms with Crippen molar-refractivity contribution in [1.82, 2.24) is 4.90 Å². The number of amides is 3. The van der Waals surface area contributed by atoms with Gasteiger partial charge in [-0.2, -0.15) is 0 Å². The quantitative estimate of drug-likeness (QED) is 0.692. The van der Waals surface area contributed by atoms with E-state index in [4.69, 9.17) is 8.83 Å². The number of rotatable bonds is 5. The highest BCUT2D eigenvalue weighted by molar-refractivity contribution is 6.03. The summed E-state index contributed by atoms with van der Waals surface area (Å²) in [7, 11) is 0. The predicted molar refractivity (Wildman–Crippen MR) is 104 cm³/mol. The molecule has 8 heteroatoms. The first-order valence-electron chi connectivity index (χ1n) is 9.22. The van der Waals surface area contributed by atoms with E-state index < -0.39 is 6.04 Å². The summed E-state index contributed by atoms with van der Waals surface area (Å²) in [5, 5.41) is 5.54. The van der Waals surface area contributed by atoms with Crippen LogP contribution < -0.4 is 10.6 Å². The van der Waals surface area contributed by atoms with Crippen molar-refractivity contribution < 1.29 is 23.2 Å². The van der Waals surface area contributed by atoms with Gasteiger partial charge < -0.3 is 24.4 Å². The van der Waals surface area contributed by atoms with E-state index in [0.717, 1.165) is 6.42 Å². The third-order valence-corrected chi connectivity index (χ3v) is 4.70. The predicted octanol–water partition coefficient (Wildman–Crippen LogP) is 3.37. The van der Waals surface area contributed by atoms with Gasteiger partial charge in [0.05, 0.1) is 12.5 Å². The number of furan rings is 2. The first kappa shape index (κ1) is 18.5. The fourth-order valence-electron chi connectivity index (χ4n) is 3.29. The first-order valence-corrected chi connectivity index (χ1v) is 9.22. The van der Waals surface area contributed by atoms with Crippen molar-refractivity contribution in [2.75, 3.05) is 17.2 Å². The molecule has 2 aromatic heterocycles. The number of carbonyl (C=O) groups is 3. The van der Waals surface area contributed by atoms with Crippen LogP contribution in [0.3, 0.4) is 0 Å². The third kappa shape index (κ3) is 4.06. The number of carbonyl (C=O) groups excluding carboxylic acids is 3. The molecule has 0 unspecified atom stereocenters. The molecular formula is C21H19N3O5. The maximum Gasteiger partial charge on any atom is 0.291 e. The summed E-state index contributed by atoms with van der Waals surface area (Å²) in [6, 6.07) is 12.6. The number of anilines is 2. The third-order valence-electron chi connectivity index (χ3n) is 4.70. The summed E-state index contributed by atoms with van der Waals surface area (Å²) in [6.07, 6.45) is 4.21. The lowest BCUT2D eigenvalue weighted by Gasteiger charge is -2.23. The summed E-state index contributed by atoms with van der Waals surface area (Å²) >= 11 is 0. The molecule has 0 saturated carbocycles. The van der Waals surface area contributed by atoms with Gasteiger partial charge in [-0.05, 0) is 61.4 Å². The Kier molecular flexibility index (Phi) is 5.15. The van der Waals surface area contributed by atoms with E-state index in [1.54, 1.807) is 48.5 Å². The highest BCUT2D eigenvalue weighted by Gasteiger charge is 2.35. The summed E-state index contributed by atoms with van der Waals surface area (Å²) in [6.45, 7) is 0.509. The Morgan fingerprint density at radius 3 is 2.10 bits per heavy atom. The van der Waals surface area contributed by atoms with E-state index in [0.29, 0.717) is 24.3 Å². The van der Waals surface area contributed by atoms with E-state index in [1.165, 1.54) is 17.4 Å². The summed E-state index contributed by atoms with van der Waals surface area (Å²) in [4.78, 5) is 38.7. The Morgan fingerprint density at radius 2 is 1.48 bits per heavy atom. The average Bonchev–Trinajstić information content (AvgIpc) is 3.51. The van der Waals surface area contributed by atoms with Crippen LogP contribution in [-0.2, 0) is 4.79 Å². The van der Waals surface area contributed by atoms with Gasteiger partial charge in [0.25, 0.3) is 11.8 Å². The van der Waals surface area contributed by atoms with Gasteiger partial charge in [0.1, 0.15) is 6.04 Å². The van der Waals surface area contributed by atoms with Crippen LogP contribution in [0.1, 0.15) is 34.0 Å². The van der Waals surface area contributed by atoms with Gasteiger partial charge in [-0.3, -0.25) is 14.4 Å². The van der Waals surface area contributed by atoms with Gasteiger partial charge in [0.2, 0.25) is 5.91 Å². The lowest BCUT2D eigenvalue weighted by molar-refractivity contribution is -0.119. The van der Waals surface area contributed by atoms with E-state index in [-0.39, 0.29) is 29.2 Å². The van der Waals surface area contributed by atoms with Crippen LogP contribution in [-0.4, -0.2) is 35.2 Å². The van der Waals surface area contributed by atoms with Crippen molar-refractivity contribution in [2.24, 2.45) is 0 Å². The second-order valence-electron chi connectivity index (χ2n) is 6.63. The zero-order valence-electron chi connectivity index (χ0n) is 15.5. The minimum Gasteiger partial charge on any atom is -0.459 e. The largest absolute Gasteiger partial charge is 0.459 e. The maximum absolute atomic E-state index is 12.7. The Balaban J connectivity index is 1.38. The van der Waals surface area contributed by atoms with Crippen LogP contribution in [0, 0.1) is 0 Å². The van der Waals surface area contributed by atoms with Gasteiger partial charge in [-0.25, -0.2) is 0 Å². The molecule has 0 aliphatic carbocycles. The smallest absolute Gasteiger partial charge is 0.291 e. The van der Waals surface area contributed by atoms with Gasteiger partial charge in [-0.1, -0.05) is 0 Å². The van der Waals surface area contributed by atoms with Crippen molar-refractivity contribution in [3.8, 4) is 0 Å². The number of benzene rings is 1. The van der Waals surface area contributed by atoms with Crippen molar-refractivity contribution >= 4 is 29.1 Å². The molecule has 0 spiro atoms. The van der Waals surface area contributed by atoms with Crippen LogP contribution in [0.25, 0.3) is 0 Å². The molecule has 3 aromatic rings. The molecule has 1 atom stereocenters. The summed E-state index contributed by atoms with van der Waals surface area (Å²) < 4.78 is 10.2. The molecular weight excluding hydrogens is 374 g/mol. The molecule has 1 saturated heterocycles. The number of hydrogen-bond donors (Lipinski definition) is 2. The summed E-state index contributed by atoms with van der Waals surface area (Å²) in [5.74, 6) is -0.463. The summed E-state index contributed by atoms with van der Waals surface area (Å²) in [5.41, 5.74) is 1.14. The minimum absolute atomic E-state index is 0.213. The highest BCUT2D eigenvalue weighted by Crippen LogP contribution is 2.22. The van der Waals surface area contributed by atoms with Crippen LogP contribution >= 0.6 is 0 Å². The Hall–Kier alpha value is -3.81. The fourth-order valence-corrected chi connectivity index (χ4v) is 3.29. The molecule has 3 amide bonds. The molecule has 3 heterocycles. The molecule has 1 fully saturated rings. The molecule has 0 radical (unpaired) electrons. The molecule has 1 aliphatic heterocycles. The highest BCUT2D eigenvalue weighted by atomic mass is 16.3. The van der Waals surface area contributed by atoms with Crippen LogP contribution in [0.5, 0.6) is 0 Å². The molecule has 1 aliphatic rings. The SMILES string of the molecule is O=C(Nc1ccc(NC(=O)[C@@H]2CCCN2C(=O)c2ccco2)cc1)c1ccco1. The van der Waals surface area contributed by atoms with E-state index in [1.807, 2.05) is 0 Å². The zero-order valence-corrected chi connectivity index (χ0v) is 15.5. The Bertz CT molecular complexity index is 994. The van der Waals surface area contributed by atoms with Gasteiger partial charge in [0, 0.05) is 17.9 Å². The minimum atomic E-state index is -0.550. The molecule has 2 N–H and O–H groups in total. The number of hydrogen-bond acceptors (Lipinski definition) is 5. The fraction of sp³-hybridized carbons (Fsp3) is 0.190. The van der Waals surface area contributed by atoms with Crippen molar-refractivity contribution in [1.29, 1.82) is 0 Å². The van der Waals surface area contributed by atoms with Crippen molar-refractivity contribution in [3.63, 3.8) is 0 Å². The van der Waals surface area contributed by atoms with E-state index in [9.17, 15) is 14.4 Å². The second-order valence-corrected chi connectivity index (χ2v) is 6.63. The molecule has 8 nitrogen and oxygen atoms in total. The van der Waals surface area contributed by atoms with Gasteiger partial charge in [-0.15, -0.1) is 0 Å². The first-order chi connectivity index (χ1) is 14.1. The molecule has 0 bridgehead atoms. The standard InChI is InChI=1S/C21H19N3O5/c25-19(16-4-1-11-24(16)21(27)18-6-3-13-29-18)22-14-7-9-15(10-8-14)23-20(26)17-5-2-12-28-17/h2-3,5-10,12-13,16H,1,4,11H2,(H,22,25)(H,23,26)/t16-/m0/s1. The van der Waals surface area contributed by atoms with Crippen molar-refractivity contribution in [2.45, 2.75) is 18.9 Å². The molecule has 1 aromatic carbocycles. The number of nitrogens with one attached hydrogen (secondary N) is 2.